The van der Waals surface area contributed by atoms with E-state index in [9.17, 15) is 0 Å². The third-order valence-electron chi connectivity index (χ3n) is 3.93. The molecule has 1 heterocycles. The van der Waals surface area contributed by atoms with Gasteiger partial charge in [0, 0.05) is 19.6 Å². The third kappa shape index (κ3) is 6.12. The maximum absolute atomic E-state index is 6.12. The van der Waals surface area contributed by atoms with E-state index >= 15 is 0 Å². The Balaban J connectivity index is 0.00000242. The molecule has 2 N–H and O–H groups in total. The van der Waals surface area contributed by atoms with Gasteiger partial charge in [0.1, 0.15) is 0 Å². The highest BCUT2D eigenvalue weighted by Gasteiger charge is 2.17. The first-order valence-corrected chi connectivity index (χ1v) is 7.82. The van der Waals surface area contributed by atoms with Gasteiger partial charge in [-0.15, -0.1) is 24.0 Å². The minimum atomic E-state index is 0. The number of benzene rings is 1. The number of hydrogen-bond acceptors (Lipinski definition) is 2. The van der Waals surface area contributed by atoms with Gasteiger partial charge in [-0.1, -0.05) is 31.2 Å². The lowest BCUT2D eigenvalue weighted by Gasteiger charge is -2.31. The molecule has 1 atom stereocenters. The summed E-state index contributed by atoms with van der Waals surface area (Å²) in [5.41, 5.74) is 8.66. The number of nitrogens with two attached hydrogens (primary N) is 1. The van der Waals surface area contributed by atoms with Crippen molar-refractivity contribution in [2.24, 2.45) is 16.6 Å². The molecule has 0 radical (unpaired) electrons. The average molecular weight is 416 g/mol. The largest absolute Gasteiger partial charge is 0.370 e. The first-order valence-electron chi connectivity index (χ1n) is 7.82. The Hall–Kier alpha value is -0.820. The molecule has 1 aromatic rings. The van der Waals surface area contributed by atoms with Crippen LogP contribution in [0, 0.1) is 5.92 Å². The molecule has 4 nitrogen and oxygen atoms in total. The van der Waals surface area contributed by atoms with Crippen LogP contribution < -0.4 is 5.73 Å². The second-order valence-corrected chi connectivity index (χ2v) is 6.42. The monoisotopic (exact) mass is 416 g/mol. The molecule has 1 saturated heterocycles. The summed E-state index contributed by atoms with van der Waals surface area (Å²) in [6.07, 6.45) is 2.52. The fourth-order valence-corrected chi connectivity index (χ4v) is 2.79. The first-order chi connectivity index (χ1) is 10.0. The van der Waals surface area contributed by atoms with Gasteiger partial charge in [-0.2, -0.15) is 0 Å². The third-order valence-corrected chi connectivity index (χ3v) is 3.93. The Labute approximate surface area is 151 Å². The van der Waals surface area contributed by atoms with Gasteiger partial charge >= 0.3 is 0 Å². The van der Waals surface area contributed by atoms with Gasteiger partial charge in [0.2, 0.25) is 0 Å². The topological polar surface area (TPSA) is 44.9 Å². The lowest BCUT2D eigenvalue weighted by atomic mass is 10.0. The quantitative estimate of drug-likeness (QED) is 0.467. The molecule has 0 bridgehead atoms. The van der Waals surface area contributed by atoms with E-state index in [0.717, 1.165) is 25.6 Å². The molecule has 5 heteroatoms. The number of likely N-dealkylation sites (tertiary alicyclic amines) is 1. The highest BCUT2D eigenvalue weighted by molar-refractivity contribution is 14.0. The van der Waals surface area contributed by atoms with Crippen LogP contribution in [0.15, 0.2) is 29.3 Å². The summed E-state index contributed by atoms with van der Waals surface area (Å²) in [5.74, 6) is 1.41. The Bertz CT molecular complexity index is 470. The molecule has 1 fully saturated rings. The van der Waals surface area contributed by atoms with E-state index in [0.29, 0.717) is 12.5 Å². The molecule has 1 aromatic carbocycles. The second-order valence-electron chi connectivity index (χ2n) is 6.42. The van der Waals surface area contributed by atoms with Crippen LogP contribution in [0.1, 0.15) is 30.9 Å². The average Bonchev–Trinajstić information content (AvgIpc) is 2.45. The molecule has 22 heavy (non-hydrogen) atoms. The van der Waals surface area contributed by atoms with Gasteiger partial charge in [-0.3, -0.25) is 0 Å². The Morgan fingerprint density at radius 1 is 1.27 bits per heavy atom. The van der Waals surface area contributed by atoms with E-state index in [1.54, 1.807) is 0 Å². The van der Waals surface area contributed by atoms with Gasteiger partial charge in [-0.25, -0.2) is 4.99 Å². The molecule has 2 rings (SSSR count). The Morgan fingerprint density at radius 3 is 2.50 bits per heavy atom. The number of rotatable bonds is 4. The number of hydrogen-bond donors (Lipinski definition) is 1. The summed E-state index contributed by atoms with van der Waals surface area (Å²) >= 11 is 0. The van der Waals surface area contributed by atoms with Crippen molar-refractivity contribution in [1.82, 2.24) is 9.80 Å². The predicted octanol–water partition coefficient (Wildman–Crippen LogP) is 2.91. The van der Waals surface area contributed by atoms with Crippen molar-refractivity contribution >= 4 is 29.9 Å². The van der Waals surface area contributed by atoms with Crippen LogP contribution >= 0.6 is 24.0 Å². The zero-order chi connectivity index (χ0) is 15.2. The van der Waals surface area contributed by atoms with Crippen molar-refractivity contribution in [3.63, 3.8) is 0 Å². The van der Waals surface area contributed by atoms with Gasteiger partial charge < -0.3 is 15.5 Å². The maximum Gasteiger partial charge on any atom is 0.191 e. The maximum atomic E-state index is 6.12. The molecule has 0 spiro atoms. The van der Waals surface area contributed by atoms with Crippen molar-refractivity contribution in [2.75, 3.05) is 27.2 Å². The summed E-state index contributed by atoms with van der Waals surface area (Å²) in [5, 5.41) is 0. The standard InChI is InChI=1S/C17H28N4.HI/c1-14-5-4-10-21(12-14)17(18)19-11-15-6-8-16(9-7-15)13-20(2)3;/h6-9,14H,4-5,10-13H2,1-3H3,(H2,18,19);1H. The highest BCUT2D eigenvalue weighted by Crippen LogP contribution is 2.15. The second kappa shape index (κ2) is 9.35. The van der Waals surface area contributed by atoms with E-state index < -0.39 is 0 Å². The molecular weight excluding hydrogens is 387 g/mol. The number of halogens is 1. The van der Waals surface area contributed by atoms with Crippen molar-refractivity contribution in [2.45, 2.75) is 32.9 Å². The van der Waals surface area contributed by atoms with E-state index in [1.807, 2.05) is 0 Å². The van der Waals surface area contributed by atoms with E-state index in [-0.39, 0.29) is 24.0 Å². The van der Waals surface area contributed by atoms with Crippen LogP contribution in [-0.4, -0.2) is 42.9 Å². The molecule has 1 unspecified atom stereocenters. The van der Waals surface area contributed by atoms with E-state index in [1.165, 1.54) is 24.0 Å². The molecule has 0 aliphatic carbocycles. The van der Waals surface area contributed by atoms with Gasteiger partial charge in [0.15, 0.2) is 5.96 Å². The lowest BCUT2D eigenvalue weighted by molar-refractivity contribution is 0.270. The molecule has 1 aliphatic heterocycles. The minimum absolute atomic E-state index is 0. The lowest BCUT2D eigenvalue weighted by Crippen LogP contribution is -2.43. The summed E-state index contributed by atoms with van der Waals surface area (Å²) < 4.78 is 0. The van der Waals surface area contributed by atoms with E-state index in [2.05, 4.69) is 60.1 Å². The van der Waals surface area contributed by atoms with Crippen LogP contribution in [0.4, 0.5) is 0 Å². The highest BCUT2D eigenvalue weighted by atomic mass is 127. The zero-order valence-corrected chi connectivity index (χ0v) is 16.3. The van der Waals surface area contributed by atoms with Crippen LogP contribution in [-0.2, 0) is 13.1 Å². The fourth-order valence-electron chi connectivity index (χ4n) is 2.79. The smallest absolute Gasteiger partial charge is 0.191 e. The van der Waals surface area contributed by atoms with Crippen LogP contribution in [0.2, 0.25) is 0 Å². The minimum Gasteiger partial charge on any atom is -0.370 e. The molecular formula is C17H29IN4. The zero-order valence-electron chi connectivity index (χ0n) is 14.0. The van der Waals surface area contributed by atoms with Crippen LogP contribution in [0.5, 0.6) is 0 Å². The fraction of sp³-hybridized carbons (Fsp3) is 0.588. The van der Waals surface area contributed by atoms with Crippen LogP contribution in [0.3, 0.4) is 0 Å². The van der Waals surface area contributed by atoms with Gasteiger partial charge in [-0.05, 0) is 44.0 Å². The number of aliphatic imine (C=N–C) groups is 1. The number of guanidine groups is 1. The molecule has 124 valence electrons. The number of piperidine rings is 1. The van der Waals surface area contributed by atoms with Crippen molar-refractivity contribution in [1.29, 1.82) is 0 Å². The molecule has 0 aromatic heterocycles. The summed E-state index contributed by atoms with van der Waals surface area (Å²) in [4.78, 5) is 8.94. The number of nitrogens with zero attached hydrogens (tertiary/aromatic N) is 3. The molecule has 1 aliphatic rings. The van der Waals surface area contributed by atoms with Gasteiger partial charge in [0.05, 0.1) is 6.54 Å². The van der Waals surface area contributed by atoms with Gasteiger partial charge in [0.25, 0.3) is 0 Å². The normalized spacial score (nSPS) is 19.2. The van der Waals surface area contributed by atoms with Crippen molar-refractivity contribution < 1.29 is 0 Å². The Kier molecular flexibility index (Phi) is 8.17. The predicted molar refractivity (Wildman–Crippen MR) is 105 cm³/mol. The van der Waals surface area contributed by atoms with Crippen LogP contribution in [0.25, 0.3) is 0 Å². The van der Waals surface area contributed by atoms with Crippen molar-refractivity contribution in [3.05, 3.63) is 35.4 Å². The van der Waals surface area contributed by atoms with Crippen molar-refractivity contribution in [3.8, 4) is 0 Å². The SMILES string of the molecule is CC1CCCN(C(N)=NCc2ccc(CN(C)C)cc2)C1.I. The molecule has 0 amide bonds. The Morgan fingerprint density at radius 2 is 1.91 bits per heavy atom. The summed E-state index contributed by atoms with van der Waals surface area (Å²) in [6.45, 7) is 6.00. The first kappa shape index (κ1) is 19.2. The van der Waals surface area contributed by atoms with E-state index in [4.69, 9.17) is 5.73 Å². The summed E-state index contributed by atoms with van der Waals surface area (Å²) in [6, 6.07) is 8.64. The molecule has 0 saturated carbocycles. The summed E-state index contributed by atoms with van der Waals surface area (Å²) in [7, 11) is 4.16.